The summed E-state index contributed by atoms with van der Waals surface area (Å²) in [5, 5.41) is 2.82. The molecule has 3 rings (SSSR count). The minimum absolute atomic E-state index is 0.220. The fourth-order valence-electron chi connectivity index (χ4n) is 3.44. The van der Waals surface area contributed by atoms with E-state index in [4.69, 9.17) is 27.9 Å². The Morgan fingerprint density at radius 3 is 2.80 bits per heavy atom. The number of hydrogen-bond donors (Lipinski definition) is 1. The second-order valence-corrected chi connectivity index (χ2v) is 6.00. The highest BCUT2D eigenvalue weighted by Gasteiger charge is 2.44. The van der Waals surface area contributed by atoms with Crippen molar-refractivity contribution in [1.29, 1.82) is 0 Å². The maximum absolute atomic E-state index is 11.6. The maximum atomic E-state index is 11.6. The number of nitrogens with one attached hydrogen (secondary N) is 1. The number of ether oxygens (including phenoxy) is 1. The van der Waals surface area contributed by atoms with Gasteiger partial charge in [0.05, 0.1) is 6.61 Å². The van der Waals surface area contributed by atoms with E-state index >= 15 is 0 Å². The number of allylic oxidation sites excluding steroid dienone is 1. The Hall–Kier alpha value is -1.19. The molecule has 0 aromatic heterocycles. The molecule has 0 saturated heterocycles. The first-order valence-corrected chi connectivity index (χ1v) is 7.50. The van der Waals surface area contributed by atoms with E-state index in [0.717, 1.165) is 29.7 Å². The van der Waals surface area contributed by atoms with Crippen LogP contribution in [0.25, 0.3) is 0 Å². The molecule has 0 aliphatic heterocycles. The molecule has 1 N–H and O–H groups in total. The van der Waals surface area contributed by atoms with Gasteiger partial charge in [0.1, 0.15) is 4.49 Å². The molecular formula is C15H15Cl2NO2. The van der Waals surface area contributed by atoms with Crippen LogP contribution in [0.1, 0.15) is 42.7 Å². The molecule has 2 aliphatic rings. The zero-order valence-corrected chi connectivity index (χ0v) is 12.6. The smallest absolute Gasteiger partial charge is 0.411 e. The van der Waals surface area contributed by atoms with Gasteiger partial charge in [-0.05, 0) is 42.5 Å². The quantitative estimate of drug-likeness (QED) is 0.842. The van der Waals surface area contributed by atoms with Crippen LogP contribution in [0.2, 0.25) is 0 Å². The van der Waals surface area contributed by atoms with Crippen molar-refractivity contribution in [3.8, 4) is 0 Å². The van der Waals surface area contributed by atoms with E-state index in [2.05, 4.69) is 11.4 Å². The Bertz CT molecular complexity index is 594. The zero-order valence-electron chi connectivity index (χ0n) is 11.1. The maximum Gasteiger partial charge on any atom is 0.411 e. The third-order valence-corrected chi connectivity index (χ3v) is 4.53. The first kappa shape index (κ1) is 13.8. The minimum Gasteiger partial charge on any atom is -0.450 e. The molecule has 1 amide bonds. The summed E-state index contributed by atoms with van der Waals surface area (Å²) < 4.78 is 5.32. The van der Waals surface area contributed by atoms with E-state index in [0.29, 0.717) is 17.0 Å². The topological polar surface area (TPSA) is 38.3 Å². The van der Waals surface area contributed by atoms with E-state index in [-0.39, 0.29) is 5.92 Å². The lowest BCUT2D eigenvalue weighted by molar-refractivity contribution is 0.168. The number of halogens is 2. The lowest BCUT2D eigenvalue weighted by Crippen LogP contribution is -2.15. The van der Waals surface area contributed by atoms with Crippen molar-refractivity contribution in [2.75, 3.05) is 11.9 Å². The Labute approximate surface area is 127 Å². The monoisotopic (exact) mass is 311 g/mol. The van der Waals surface area contributed by atoms with E-state index in [1.54, 1.807) is 6.92 Å². The fourth-order valence-corrected chi connectivity index (χ4v) is 3.96. The summed E-state index contributed by atoms with van der Waals surface area (Å²) in [6.45, 7) is 2.14. The van der Waals surface area contributed by atoms with Crippen molar-refractivity contribution in [2.45, 2.75) is 31.6 Å². The van der Waals surface area contributed by atoms with Gasteiger partial charge in [-0.1, -0.05) is 35.3 Å². The van der Waals surface area contributed by atoms with E-state index in [9.17, 15) is 4.79 Å². The van der Waals surface area contributed by atoms with Gasteiger partial charge >= 0.3 is 6.09 Å². The highest BCUT2D eigenvalue weighted by Crippen LogP contribution is 2.60. The van der Waals surface area contributed by atoms with Gasteiger partial charge in [-0.15, -0.1) is 0 Å². The predicted molar refractivity (Wildman–Crippen MR) is 80.5 cm³/mol. The van der Waals surface area contributed by atoms with Crippen molar-refractivity contribution in [3.63, 3.8) is 0 Å². The molecule has 1 aromatic rings. The third-order valence-electron chi connectivity index (χ3n) is 4.09. The van der Waals surface area contributed by atoms with Gasteiger partial charge in [-0.25, -0.2) is 4.79 Å². The van der Waals surface area contributed by atoms with E-state index in [1.807, 2.05) is 12.1 Å². The minimum atomic E-state index is -0.425. The van der Waals surface area contributed by atoms with Crippen LogP contribution in [-0.2, 0) is 4.74 Å². The molecular weight excluding hydrogens is 297 g/mol. The summed E-state index contributed by atoms with van der Waals surface area (Å²) in [4.78, 5) is 11.6. The van der Waals surface area contributed by atoms with Crippen LogP contribution >= 0.6 is 23.2 Å². The summed E-state index contributed by atoms with van der Waals surface area (Å²) in [5.74, 6) is 0.516. The number of rotatable bonds is 2. The van der Waals surface area contributed by atoms with Crippen LogP contribution in [0.15, 0.2) is 28.3 Å². The standard InChI is InChI=1S/C15H15Cl2NO2/c1-2-20-15(19)18-11-5-3-4-8-9-6-7-10(12(8)11)13(9)14(16)17/h3-5,9-10H,2,6-7H2,1H3,(H,18,19). The first-order chi connectivity index (χ1) is 9.63. The zero-order chi connectivity index (χ0) is 14.3. The van der Waals surface area contributed by atoms with Crippen LogP contribution in [0.3, 0.4) is 0 Å². The molecule has 1 saturated carbocycles. The number of anilines is 1. The van der Waals surface area contributed by atoms with Crippen molar-refractivity contribution in [1.82, 2.24) is 0 Å². The lowest BCUT2D eigenvalue weighted by atomic mass is 9.90. The molecule has 106 valence electrons. The molecule has 0 radical (unpaired) electrons. The number of hydrogen-bond acceptors (Lipinski definition) is 2. The molecule has 3 nitrogen and oxygen atoms in total. The summed E-state index contributed by atoms with van der Waals surface area (Å²) in [7, 11) is 0. The predicted octanol–water partition coefficient (Wildman–Crippen LogP) is 4.92. The summed E-state index contributed by atoms with van der Waals surface area (Å²) >= 11 is 12.1. The SMILES string of the molecule is CCOC(=O)Nc1cccc2c1C1CCC2C1=C(Cl)Cl. The van der Waals surface area contributed by atoms with Gasteiger partial charge in [0.2, 0.25) is 0 Å². The second kappa shape index (κ2) is 5.30. The van der Waals surface area contributed by atoms with E-state index in [1.165, 1.54) is 5.56 Å². The summed E-state index contributed by atoms with van der Waals surface area (Å²) in [6.07, 6.45) is 1.67. The van der Waals surface area contributed by atoms with Crippen LogP contribution in [0.4, 0.5) is 10.5 Å². The van der Waals surface area contributed by atoms with Gasteiger partial charge in [0.25, 0.3) is 0 Å². The molecule has 1 fully saturated rings. The molecule has 2 bridgehead atoms. The molecule has 5 heteroatoms. The average Bonchev–Trinajstić information content (AvgIpc) is 2.96. The molecule has 0 heterocycles. The van der Waals surface area contributed by atoms with Gasteiger partial charge in [0, 0.05) is 17.5 Å². The van der Waals surface area contributed by atoms with Crippen molar-refractivity contribution < 1.29 is 9.53 Å². The Kier molecular flexibility index (Phi) is 3.65. The van der Waals surface area contributed by atoms with Gasteiger partial charge < -0.3 is 4.74 Å². The van der Waals surface area contributed by atoms with E-state index < -0.39 is 6.09 Å². The Morgan fingerprint density at radius 2 is 2.10 bits per heavy atom. The van der Waals surface area contributed by atoms with Crippen LogP contribution in [-0.4, -0.2) is 12.7 Å². The summed E-state index contributed by atoms with van der Waals surface area (Å²) in [6, 6.07) is 5.93. The van der Waals surface area contributed by atoms with Gasteiger partial charge in [0.15, 0.2) is 0 Å². The third kappa shape index (κ3) is 2.09. The fraction of sp³-hybridized carbons (Fsp3) is 0.400. The van der Waals surface area contributed by atoms with Crippen molar-refractivity contribution in [3.05, 3.63) is 39.4 Å². The van der Waals surface area contributed by atoms with Crippen molar-refractivity contribution in [2.24, 2.45) is 0 Å². The first-order valence-electron chi connectivity index (χ1n) is 6.75. The Morgan fingerprint density at radius 1 is 1.35 bits per heavy atom. The number of carbonyl (C=O) groups is 1. The average molecular weight is 312 g/mol. The van der Waals surface area contributed by atoms with Gasteiger partial charge in [-0.3, -0.25) is 5.32 Å². The highest BCUT2D eigenvalue weighted by atomic mass is 35.5. The Balaban J connectivity index is 2.00. The van der Waals surface area contributed by atoms with Crippen LogP contribution < -0.4 is 5.32 Å². The van der Waals surface area contributed by atoms with Crippen LogP contribution in [0, 0.1) is 0 Å². The lowest BCUT2D eigenvalue weighted by Gasteiger charge is -2.18. The van der Waals surface area contributed by atoms with Crippen LogP contribution in [0.5, 0.6) is 0 Å². The molecule has 20 heavy (non-hydrogen) atoms. The molecule has 1 aromatic carbocycles. The largest absolute Gasteiger partial charge is 0.450 e. The highest BCUT2D eigenvalue weighted by molar-refractivity contribution is 6.56. The summed E-state index contributed by atoms with van der Waals surface area (Å²) in [5.41, 5.74) is 4.27. The molecule has 2 unspecified atom stereocenters. The molecule has 0 spiro atoms. The van der Waals surface area contributed by atoms with Gasteiger partial charge in [-0.2, -0.15) is 0 Å². The second-order valence-electron chi connectivity index (χ2n) is 5.05. The number of benzene rings is 1. The molecule has 2 atom stereocenters. The van der Waals surface area contributed by atoms with Crippen molar-refractivity contribution >= 4 is 35.0 Å². The number of amides is 1. The molecule has 2 aliphatic carbocycles. The normalized spacial score (nSPS) is 22.6. The number of carbonyl (C=O) groups excluding carboxylic acids is 1. The number of fused-ring (bicyclic) bond motifs is 5.